The molecular formula is C18H28N2. The van der Waals surface area contributed by atoms with Crippen molar-refractivity contribution in [2.24, 2.45) is 5.92 Å². The summed E-state index contributed by atoms with van der Waals surface area (Å²) in [5.74, 6) is 0.882. The lowest BCUT2D eigenvalue weighted by Crippen LogP contribution is -2.37. The summed E-state index contributed by atoms with van der Waals surface area (Å²) in [6, 6.07) is 10.1. The first-order chi connectivity index (χ1) is 9.84. The summed E-state index contributed by atoms with van der Waals surface area (Å²) in [6.45, 7) is 4.53. The van der Waals surface area contributed by atoms with Gasteiger partial charge in [-0.3, -0.25) is 0 Å². The molecule has 2 atom stereocenters. The first-order valence-corrected chi connectivity index (χ1v) is 8.39. The van der Waals surface area contributed by atoms with Crippen molar-refractivity contribution in [2.75, 3.05) is 6.54 Å². The maximum Gasteiger partial charge on any atom is 0.0337 e. The van der Waals surface area contributed by atoms with E-state index < -0.39 is 0 Å². The lowest BCUT2D eigenvalue weighted by molar-refractivity contribution is 0.261. The summed E-state index contributed by atoms with van der Waals surface area (Å²) in [6.07, 6.45) is 8.34. The van der Waals surface area contributed by atoms with Crippen LogP contribution in [0.2, 0.25) is 0 Å². The van der Waals surface area contributed by atoms with E-state index in [9.17, 15) is 0 Å². The van der Waals surface area contributed by atoms with Gasteiger partial charge in [0.1, 0.15) is 0 Å². The number of fused-ring (bicyclic) bond motifs is 1. The minimum absolute atomic E-state index is 0.526. The van der Waals surface area contributed by atoms with Crippen LogP contribution in [0.15, 0.2) is 24.3 Å². The highest BCUT2D eigenvalue weighted by atomic mass is 15.0. The van der Waals surface area contributed by atoms with E-state index in [-0.39, 0.29) is 0 Å². The molecule has 2 N–H and O–H groups in total. The monoisotopic (exact) mass is 272 g/mol. The Morgan fingerprint density at radius 3 is 2.75 bits per heavy atom. The second-order valence-electron chi connectivity index (χ2n) is 6.57. The maximum atomic E-state index is 3.94. The van der Waals surface area contributed by atoms with Gasteiger partial charge >= 0.3 is 0 Å². The minimum atomic E-state index is 0.526. The fraction of sp³-hybridized carbons (Fsp3) is 0.667. The van der Waals surface area contributed by atoms with Crippen LogP contribution in [-0.2, 0) is 6.54 Å². The fourth-order valence-electron chi connectivity index (χ4n) is 3.92. The normalized spacial score (nSPS) is 25.8. The lowest BCUT2D eigenvalue weighted by atomic mass is 9.84. The molecule has 2 nitrogen and oxygen atoms in total. The molecule has 1 unspecified atom stereocenters. The Labute approximate surface area is 123 Å². The quantitative estimate of drug-likeness (QED) is 0.875. The second-order valence-corrected chi connectivity index (χ2v) is 6.57. The first kappa shape index (κ1) is 14.1. The van der Waals surface area contributed by atoms with Crippen molar-refractivity contribution in [3.05, 3.63) is 35.4 Å². The SMILES string of the molecule is C[C@@H](NC1CCNCc2ccccc21)C1CCCCC1. The molecule has 2 aliphatic rings. The topological polar surface area (TPSA) is 24.1 Å². The molecular weight excluding hydrogens is 244 g/mol. The van der Waals surface area contributed by atoms with Gasteiger partial charge in [-0.05, 0) is 49.8 Å². The minimum Gasteiger partial charge on any atom is -0.313 e. The van der Waals surface area contributed by atoms with Gasteiger partial charge in [-0.2, -0.15) is 0 Å². The fourth-order valence-corrected chi connectivity index (χ4v) is 3.92. The van der Waals surface area contributed by atoms with Gasteiger partial charge in [0, 0.05) is 18.6 Å². The molecule has 2 heteroatoms. The van der Waals surface area contributed by atoms with E-state index in [0.717, 1.165) is 19.0 Å². The Kier molecular flexibility index (Phi) is 4.74. The molecule has 0 saturated heterocycles. The zero-order chi connectivity index (χ0) is 13.8. The van der Waals surface area contributed by atoms with Crippen LogP contribution in [0.1, 0.15) is 62.6 Å². The zero-order valence-corrected chi connectivity index (χ0v) is 12.7. The molecule has 1 fully saturated rings. The molecule has 0 spiro atoms. The molecule has 0 amide bonds. The first-order valence-electron chi connectivity index (χ1n) is 8.39. The van der Waals surface area contributed by atoms with Gasteiger partial charge in [0.05, 0.1) is 0 Å². The summed E-state index contributed by atoms with van der Waals surface area (Å²) in [5.41, 5.74) is 2.98. The molecule has 3 rings (SSSR count). The third kappa shape index (κ3) is 3.24. The molecule has 1 aliphatic heterocycles. The van der Waals surface area contributed by atoms with E-state index in [2.05, 4.69) is 41.8 Å². The predicted octanol–water partition coefficient (Wildman–Crippen LogP) is 3.78. The lowest BCUT2D eigenvalue weighted by Gasteiger charge is -2.32. The Hall–Kier alpha value is -0.860. The van der Waals surface area contributed by atoms with Crippen molar-refractivity contribution < 1.29 is 0 Å². The van der Waals surface area contributed by atoms with Crippen molar-refractivity contribution in [1.82, 2.24) is 10.6 Å². The van der Waals surface area contributed by atoms with Crippen LogP contribution in [0, 0.1) is 5.92 Å². The van der Waals surface area contributed by atoms with Crippen LogP contribution < -0.4 is 10.6 Å². The van der Waals surface area contributed by atoms with E-state index in [1.54, 1.807) is 0 Å². The van der Waals surface area contributed by atoms with Crippen LogP contribution in [-0.4, -0.2) is 12.6 Å². The van der Waals surface area contributed by atoms with E-state index in [1.165, 1.54) is 49.7 Å². The van der Waals surface area contributed by atoms with Crippen molar-refractivity contribution in [2.45, 2.75) is 64.1 Å². The largest absolute Gasteiger partial charge is 0.313 e. The van der Waals surface area contributed by atoms with Crippen LogP contribution in [0.3, 0.4) is 0 Å². The van der Waals surface area contributed by atoms with Gasteiger partial charge in [-0.15, -0.1) is 0 Å². The summed E-state index contributed by atoms with van der Waals surface area (Å²) >= 11 is 0. The maximum absolute atomic E-state index is 3.94. The number of nitrogens with one attached hydrogen (secondary N) is 2. The molecule has 1 saturated carbocycles. The number of hydrogen-bond acceptors (Lipinski definition) is 2. The molecule has 20 heavy (non-hydrogen) atoms. The second kappa shape index (κ2) is 6.73. The standard InChI is InChI=1S/C18H28N2/c1-14(15-7-3-2-4-8-15)20-18-11-12-19-13-16-9-5-6-10-17(16)18/h5-6,9-10,14-15,18-20H,2-4,7-8,11-13H2,1H3/t14-,18?/m1/s1. The summed E-state index contributed by atoms with van der Waals surface area (Å²) in [5, 5.41) is 7.49. The summed E-state index contributed by atoms with van der Waals surface area (Å²) in [4.78, 5) is 0. The van der Waals surface area contributed by atoms with Crippen LogP contribution >= 0.6 is 0 Å². The predicted molar refractivity (Wildman–Crippen MR) is 84.7 cm³/mol. The van der Waals surface area contributed by atoms with Crippen molar-refractivity contribution in [3.63, 3.8) is 0 Å². The van der Waals surface area contributed by atoms with Crippen LogP contribution in [0.4, 0.5) is 0 Å². The molecule has 1 heterocycles. The van der Waals surface area contributed by atoms with Gasteiger partial charge in [-0.1, -0.05) is 43.5 Å². The number of rotatable bonds is 3. The molecule has 0 radical (unpaired) electrons. The van der Waals surface area contributed by atoms with Crippen molar-refractivity contribution in [1.29, 1.82) is 0 Å². The molecule has 0 aromatic heterocycles. The molecule has 1 aromatic carbocycles. The van der Waals surface area contributed by atoms with E-state index in [1.807, 2.05) is 0 Å². The van der Waals surface area contributed by atoms with Gasteiger partial charge in [0.25, 0.3) is 0 Å². The average molecular weight is 272 g/mol. The third-order valence-corrected chi connectivity index (χ3v) is 5.18. The Morgan fingerprint density at radius 2 is 1.90 bits per heavy atom. The summed E-state index contributed by atoms with van der Waals surface area (Å²) < 4.78 is 0. The zero-order valence-electron chi connectivity index (χ0n) is 12.7. The van der Waals surface area contributed by atoms with Crippen molar-refractivity contribution in [3.8, 4) is 0 Å². The van der Waals surface area contributed by atoms with Crippen LogP contribution in [0.5, 0.6) is 0 Å². The highest BCUT2D eigenvalue weighted by molar-refractivity contribution is 5.31. The van der Waals surface area contributed by atoms with Gasteiger partial charge in [0.2, 0.25) is 0 Å². The molecule has 0 bridgehead atoms. The van der Waals surface area contributed by atoms with Gasteiger partial charge in [-0.25, -0.2) is 0 Å². The highest BCUT2D eigenvalue weighted by Gasteiger charge is 2.24. The van der Waals surface area contributed by atoms with Gasteiger partial charge in [0.15, 0.2) is 0 Å². The van der Waals surface area contributed by atoms with Gasteiger partial charge < -0.3 is 10.6 Å². The Balaban J connectivity index is 1.69. The van der Waals surface area contributed by atoms with E-state index in [4.69, 9.17) is 0 Å². The van der Waals surface area contributed by atoms with E-state index in [0.29, 0.717) is 12.1 Å². The smallest absolute Gasteiger partial charge is 0.0337 e. The van der Waals surface area contributed by atoms with E-state index >= 15 is 0 Å². The molecule has 1 aromatic rings. The molecule has 110 valence electrons. The van der Waals surface area contributed by atoms with Crippen LogP contribution in [0.25, 0.3) is 0 Å². The average Bonchev–Trinajstić information content (AvgIpc) is 2.71. The molecule has 1 aliphatic carbocycles. The Bertz CT molecular complexity index is 423. The summed E-state index contributed by atoms with van der Waals surface area (Å²) in [7, 11) is 0. The van der Waals surface area contributed by atoms with Crippen molar-refractivity contribution >= 4 is 0 Å². The number of benzene rings is 1. The highest BCUT2D eigenvalue weighted by Crippen LogP contribution is 2.29. The Morgan fingerprint density at radius 1 is 1.10 bits per heavy atom. The third-order valence-electron chi connectivity index (χ3n) is 5.18. The number of hydrogen-bond donors (Lipinski definition) is 2.